The molecule has 4 rings (SSSR count). The van der Waals surface area contributed by atoms with Crippen LogP contribution in [0.15, 0.2) is 66.3 Å². The molecule has 0 atom stereocenters. The third-order valence-electron chi connectivity index (χ3n) is 4.74. The van der Waals surface area contributed by atoms with Crippen LogP contribution in [0.1, 0.15) is 32.8 Å². The van der Waals surface area contributed by atoms with Gasteiger partial charge in [-0.1, -0.05) is 93.6 Å². The number of allylic oxidation sites excluding steroid dienone is 4. The van der Waals surface area contributed by atoms with Crippen molar-refractivity contribution < 1.29 is 26.2 Å². The Hall–Kier alpha value is -1.11. The first kappa shape index (κ1) is 21.2. The van der Waals surface area contributed by atoms with Crippen LogP contribution < -0.4 is 0 Å². The fraction of sp³-hybridized carbons (Fsp3) is 0.292. The third kappa shape index (κ3) is 4.24. The van der Waals surface area contributed by atoms with Crippen molar-refractivity contribution in [3.8, 4) is 0 Å². The van der Waals surface area contributed by atoms with E-state index in [1.807, 2.05) is 0 Å². The molecule has 0 saturated carbocycles. The van der Waals surface area contributed by atoms with Crippen LogP contribution >= 0.6 is 0 Å². The summed E-state index contributed by atoms with van der Waals surface area (Å²) in [6.07, 6.45) is 5.83. The van der Waals surface area contributed by atoms with Gasteiger partial charge in [-0.15, -0.1) is 33.7 Å². The molecule has 3 aromatic carbocycles. The van der Waals surface area contributed by atoms with E-state index in [2.05, 4.69) is 94.5 Å². The summed E-state index contributed by atoms with van der Waals surface area (Å²) in [5, 5.41) is 5.46. The largest absolute Gasteiger partial charge is 0.126 e. The zero-order chi connectivity index (χ0) is 18.0. The fourth-order valence-corrected chi connectivity index (χ4v) is 3.50. The Morgan fingerprint density at radius 3 is 2.23 bits per heavy atom. The second kappa shape index (κ2) is 8.72. The van der Waals surface area contributed by atoms with Gasteiger partial charge in [0.25, 0.3) is 0 Å². The van der Waals surface area contributed by atoms with E-state index in [0.29, 0.717) is 0 Å². The first-order valence-electron chi connectivity index (χ1n) is 9.03. The number of hydrogen-bond donors (Lipinski definition) is 0. The smallest absolute Gasteiger partial charge is 0.0307 e. The topological polar surface area (TPSA) is 0 Å². The van der Waals surface area contributed by atoms with Crippen molar-refractivity contribution >= 4 is 36.6 Å². The number of rotatable bonds is 1. The Labute approximate surface area is 179 Å². The predicted molar refractivity (Wildman–Crippen MR) is 115 cm³/mol. The molecule has 0 aromatic heterocycles. The summed E-state index contributed by atoms with van der Waals surface area (Å²) in [5.41, 5.74) is 4.53. The van der Waals surface area contributed by atoms with Gasteiger partial charge in [0.1, 0.15) is 0 Å². The minimum Gasteiger partial charge on any atom is -0.126 e. The summed E-state index contributed by atoms with van der Waals surface area (Å²) in [6, 6.07) is 17.7. The third-order valence-corrected chi connectivity index (χ3v) is 4.74. The van der Waals surface area contributed by atoms with Crippen LogP contribution in [-0.2, 0) is 26.2 Å². The molecular weight excluding hydrogens is 408 g/mol. The van der Waals surface area contributed by atoms with Crippen LogP contribution in [0.2, 0.25) is 13.1 Å². The van der Waals surface area contributed by atoms with Crippen molar-refractivity contribution in [2.45, 2.75) is 40.3 Å². The van der Waals surface area contributed by atoms with E-state index in [1.54, 1.807) is 0 Å². The molecule has 26 heavy (non-hydrogen) atoms. The van der Waals surface area contributed by atoms with Gasteiger partial charge in [-0.25, -0.2) is 0 Å². The maximum atomic E-state index is 2.40. The summed E-state index contributed by atoms with van der Waals surface area (Å²) >= 11 is 0. The van der Waals surface area contributed by atoms with Gasteiger partial charge in [0.15, 0.2) is 0 Å². The average Bonchev–Trinajstić information content (AvgIpc) is 3.20. The van der Waals surface area contributed by atoms with Crippen molar-refractivity contribution in [1.29, 1.82) is 0 Å². The van der Waals surface area contributed by atoms with E-state index < -0.39 is 0 Å². The number of benzene rings is 2. The van der Waals surface area contributed by atoms with Gasteiger partial charge < -0.3 is 0 Å². The van der Waals surface area contributed by atoms with Crippen LogP contribution in [0, 0.1) is 5.41 Å². The van der Waals surface area contributed by atoms with Crippen molar-refractivity contribution in [3.63, 3.8) is 0 Å². The molecule has 1 aliphatic carbocycles. The molecule has 132 valence electrons. The van der Waals surface area contributed by atoms with E-state index in [0.717, 1.165) is 15.9 Å². The Kier molecular flexibility index (Phi) is 7.11. The molecule has 2 heteroatoms. The van der Waals surface area contributed by atoms with Crippen LogP contribution in [0.3, 0.4) is 0 Å². The molecule has 0 N–H and O–H groups in total. The van der Waals surface area contributed by atoms with E-state index in [9.17, 15) is 0 Å². The normalized spacial score (nSPS) is 13.7. The predicted octanol–water partition coefficient (Wildman–Crippen LogP) is 7.26. The Morgan fingerprint density at radius 1 is 0.923 bits per heavy atom. The van der Waals surface area contributed by atoms with Crippen LogP contribution in [-0.4, -0.2) is 9.52 Å². The molecule has 2 radical (unpaired) electrons. The molecular formula is C24H27SiZr-. The standard InChI is InChI=1S/C22H21.C2H6Si.Zr/c1-22(2,3)17-12-11-16(13-17)19-9-6-10-20-18-8-5-4-7-15(18)14-21(19)20;1-3-2;/h4-10,12-14H,11H2,1-3H3;1-2H3;/q-1;;. The van der Waals surface area contributed by atoms with Crippen molar-refractivity contribution in [1.82, 2.24) is 0 Å². The van der Waals surface area contributed by atoms with E-state index >= 15 is 0 Å². The fourth-order valence-electron chi connectivity index (χ4n) is 3.50. The van der Waals surface area contributed by atoms with Gasteiger partial charge in [-0.05, 0) is 17.4 Å². The molecule has 0 spiro atoms. The molecule has 0 heterocycles. The average molecular weight is 435 g/mol. The zero-order valence-electron chi connectivity index (χ0n) is 16.5. The SMILES string of the molecule is CC(C)(C)C1=CCC(c2cccc3c2[cH-]c2ccccc23)=C1.C[Si]C.[Zr]. The minimum atomic E-state index is 0. The van der Waals surface area contributed by atoms with Crippen LogP contribution in [0.4, 0.5) is 0 Å². The molecule has 0 unspecified atom stereocenters. The van der Waals surface area contributed by atoms with Gasteiger partial charge in [0.2, 0.25) is 0 Å². The zero-order valence-corrected chi connectivity index (χ0v) is 19.9. The summed E-state index contributed by atoms with van der Waals surface area (Å²) in [6.45, 7) is 11.2. The first-order valence-corrected chi connectivity index (χ1v) is 11.0. The molecule has 1 aliphatic rings. The Bertz CT molecular complexity index is 951. The first-order chi connectivity index (χ1) is 12.0. The van der Waals surface area contributed by atoms with Crippen LogP contribution in [0.5, 0.6) is 0 Å². The second-order valence-electron chi connectivity index (χ2n) is 7.78. The molecule has 0 fully saturated rings. The molecule has 0 nitrogen and oxygen atoms in total. The molecule has 0 amide bonds. The van der Waals surface area contributed by atoms with E-state index in [-0.39, 0.29) is 31.6 Å². The summed E-state index contributed by atoms with van der Waals surface area (Å²) in [7, 11) is 1.08. The molecule has 0 bridgehead atoms. The molecule has 3 aromatic rings. The van der Waals surface area contributed by atoms with Gasteiger partial charge in [0, 0.05) is 35.7 Å². The van der Waals surface area contributed by atoms with Gasteiger partial charge in [-0.3, -0.25) is 0 Å². The van der Waals surface area contributed by atoms with Crippen molar-refractivity contribution in [2.75, 3.05) is 0 Å². The maximum Gasteiger partial charge on any atom is 0.0307 e. The quantitative estimate of drug-likeness (QED) is 0.279. The Balaban J connectivity index is 0.000000570. The molecule has 0 aliphatic heterocycles. The summed E-state index contributed by atoms with van der Waals surface area (Å²) in [5.74, 6) is 0. The number of fused-ring (bicyclic) bond motifs is 3. The van der Waals surface area contributed by atoms with Crippen molar-refractivity contribution in [2.24, 2.45) is 5.41 Å². The van der Waals surface area contributed by atoms with Gasteiger partial charge in [-0.2, -0.15) is 0 Å². The Morgan fingerprint density at radius 2 is 1.58 bits per heavy atom. The van der Waals surface area contributed by atoms with Gasteiger partial charge in [0.05, 0.1) is 0 Å². The maximum absolute atomic E-state index is 2.40. The summed E-state index contributed by atoms with van der Waals surface area (Å²) in [4.78, 5) is 0. The second-order valence-corrected chi connectivity index (χ2v) is 8.78. The minimum absolute atomic E-state index is 0. The molecule has 0 saturated heterocycles. The van der Waals surface area contributed by atoms with Gasteiger partial charge >= 0.3 is 0 Å². The number of hydrogen-bond acceptors (Lipinski definition) is 0. The van der Waals surface area contributed by atoms with Crippen LogP contribution in [0.25, 0.3) is 27.1 Å². The van der Waals surface area contributed by atoms with E-state index in [1.165, 1.54) is 38.3 Å². The van der Waals surface area contributed by atoms with E-state index in [4.69, 9.17) is 0 Å². The van der Waals surface area contributed by atoms with Crippen molar-refractivity contribution in [3.05, 3.63) is 71.8 Å². The monoisotopic (exact) mass is 433 g/mol. The summed E-state index contributed by atoms with van der Waals surface area (Å²) < 4.78 is 0.